The molecule has 0 amide bonds. The van der Waals surface area contributed by atoms with E-state index in [-0.39, 0.29) is 18.6 Å². The van der Waals surface area contributed by atoms with E-state index in [0.717, 1.165) is 19.6 Å². The van der Waals surface area contributed by atoms with Crippen molar-refractivity contribution in [1.82, 2.24) is 13.4 Å². The molecule has 0 spiro atoms. The molecule has 118 valence electrons. The minimum Gasteiger partial charge on any atom is -0.393 e. The monoisotopic (exact) mass is 317 g/mol. The number of sulfonamides is 1. The van der Waals surface area contributed by atoms with Crippen LogP contribution in [0.3, 0.4) is 0 Å². The molecule has 21 heavy (non-hydrogen) atoms. The van der Waals surface area contributed by atoms with Crippen LogP contribution in [0.4, 0.5) is 0 Å². The van der Waals surface area contributed by atoms with Gasteiger partial charge in [0, 0.05) is 33.9 Å². The number of aliphatic hydroxyl groups is 1. The number of rotatable bonds is 4. The van der Waals surface area contributed by atoms with Crippen LogP contribution in [0.25, 0.3) is 0 Å². The van der Waals surface area contributed by atoms with Crippen molar-refractivity contribution in [3.05, 3.63) is 27.0 Å². The highest BCUT2D eigenvalue weighted by atomic mass is 32.2. The molecule has 1 N–H and O–H groups in total. The number of hydrogen-bond acceptors (Lipinski definition) is 5. The van der Waals surface area contributed by atoms with Gasteiger partial charge in [0.1, 0.15) is 0 Å². The first-order valence-electron chi connectivity index (χ1n) is 6.55. The summed E-state index contributed by atoms with van der Waals surface area (Å²) in [4.78, 5) is 23.2. The first-order valence-corrected chi connectivity index (χ1v) is 7.99. The van der Waals surface area contributed by atoms with Crippen LogP contribution in [0.5, 0.6) is 0 Å². The predicted octanol–water partition coefficient (Wildman–Crippen LogP) is -1.52. The van der Waals surface area contributed by atoms with Gasteiger partial charge in [0.25, 0.3) is 5.56 Å². The Morgan fingerprint density at radius 1 is 1.33 bits per heavy atom. The van der Waals surface area contributed by atoms with Crippen molar-refractivity contribution in [3.8, 4) is 0 Å². The topological polar surface area (TPSA) is 102 Å². The van der Waals surface area contributed by atoms with Gasteiger partial charge in [-0.3, -0.25) is 9.36 Å². The Balaban J connectivity index is 2.36. The van der Waals surface area contributed by atoms with Crippen molar-refractivity contribution in [2.45, 2.75) is 23.8 Å². The van der Waals surface area contributed by atoms with Crippen LogP contribution in [-0.2, 0) is 24.1 Å². The fraction of sp³-hybridized carbons (Fsp3) is 0.667. The maximum atomic E-state index is 12.5. The number of nitrogens with zero attached hydrogens (tertiary/aromatic N) is 3. The molecule has 9 heteroatoms. The lowest BCUT2D eigenvalue weighted by molar-refractivity contribution is 0.0367. The Bertz CT molecular complexity index is 758. The minimum absolute atomic E-state index is 0.0937. The van der Waals surface area contributed by atoms with Crippen molar-refractivity contribution in [3.63, 3.8) is 0 Å². The van der Waals surface area contributed by atoms with Gasteiger partial charge in [-0.05, 0) is 18.8 Å². The molecule has 1 aliphatic carbocycles. The summed E-state index contributed by atoms with van der Waals surface area (Å²) < 4.78 is 27.9. The molecule has 1 heterocycles. The van der Waals surface area contributed by atoms with E-state index in [4.69, 9.17) is 0 Å². The van der Waals surface area contributed by atoms with E-state index in [1.807, 2.05) is 0 Å². The van der Waals surface area contributed by atoms with E-state index in [2.05, 4.69) is 0 Å². The van der Waals surface area contributed by atoms with Gasteiger partial charge in [-0.25, -0.2) is 17.5 Å². The molecule has 0 saturated heterocycles. The molecule has 2 rings (SSSR count). The van der Waals surface area contributed by atoms with Crippen LogP contribution in [-0.4, -0.2) is 46.7 Å². The second kappa shape index (κ2) is 5.39. The quantitative estimate of drug-likeness (QED) is 0.726. The summed E-state index contributed by atoms with van der Waals surface area (Å²) in [5.41, 5.74) is -1.41. The Morgan fingerprint density at radius 3 is 2.43 bits per heavy atom. The third-order valence-corrected chi connectivity index (χ3v) is 5.63. The van der Waals surface area contributed by atoms with Gasteiger partial charge in [-0.1, -0.05) is 0 Å². The van der Waals surface area contributed by atoms with Crippen LogP contribution in [0.2, 0.25) is 0 Å². The summed E-state index contributed by atoms with van der Waals surface area (Å²) in [6, 6.07) is 0. The number of aliphatic hydroxyl groups excluding tert-OH is 1. The molecule has 0 aliphatic heterocycles. The Morgan fingerprint density at radius 2 is 1.90 bits per heavy atom. The molecule has 0 radical (unpaired) electrons. The molecule has 1 aromatic heterocycles. The third-order valence-electron chi connectivity index (χ3n) is 3.83. The predicted molar refractivity (Wildman–Crippen MR) is 75.5 cm³/mol. The van der Waals surface area contributed by atoms with Crippen molar-refractivity contribution in [2.24, 2.45) is 20.0 Å². The highest BCUT2D eigenvalue weighted by molar-refractivity contribution is 7.89. The second-order valence-corrected chi connectivity index (χ2v) is 7.54. The Hall–Kier alpha value is -1.45. The van der Waals surface area contributed by atoms with Gasteiger partial charge in [0.15, 0.2) is 4.90 Å². The number of aryl methyl sites for hydroxylation is 1. The van der Waals surface area contributed by atoms with E-state index in [9.17, 15) is 23.1 Å². The fourth-order valence-corrected chi connectivity index (χ4v) is 3.82. The van der Waals surface area contributed by atoms with Gasteiger partial charge in [-0.2, -0.15) is 0 Å². The van der Waals surface area contributed by atoms with Crippen molar-refractivity contribution in [2.75, 3.05) is 13.6 Å². The van der Waals surface area contributed by atoms with Gasteiger partial charge >= 0.3 is 5.69 Å². The first kappa shape index (κ1) is 15.9. The Kier molecular flexibility index (Phi) is 4.09. The minimum atomic E-state index is -3.96. The third kappa shape index (κ3) is 2.81. The molecule has 0 atom stereocenters. The molecule has 0 unspecified atom stereocenters. The molecule has 0 aromatic carbocycles. The molecule has 1 saturated carbocycles. The van der Waals surface area contributed by atoms with E-state index >= 15 is 0 Å². The molecular formula is C12H19N3O5S. The van der Waals surface area contributed by atoms with E-state index < -0.39 is 26.2 Å². The molecule has 8 nitrogen and oxygen atoms in total. The molecule has 1 aliphatic rings. The van der Waals surface area contributed by atoms with Crippen LogP contribution in [0.1, 0.15) is 12.8 Å². The molecular weight excluding hydrogens is 298 g/mol. The smallest absolute Gasteiger partial charge is 0.330 e. The highest BCUT2D eigenvalue weighted by Crippen LogP contribution is 2.28. The summed E-state index contributed by atoms with van der Waals surface area (Å²) in [5, 5.41) is 9.24. The van der Waals surface area contributed by atoms with Gasteiger partial charge in [0.2, 0.25) is 10.0 Å². The van der Waals surface area contributed by atoms with E-state index in [1.165, 1.54) is 21.1 Å². The molecule has 1 fully saturated rings. The van der Waals surface area contributed by atoms with Crippen molar-refractivity contribution >= 4 is 10.0 Å². The summed E-state index contributed by atoms with van der Waals surface area (Å²) >= 11 is 0. The summed E-state index contributed by atoms with van der Waals surface area (Å²) in [7, 11) is 0.0659. The first-order chi connectivity index (χ1) is 9.64. The number of hydrogen-bond donors (Lipinski definition) is 1. The normalized spacial score (nSPS) is 22.3. The van der Waals surface area contributed by atoms with E-state index in [0.29, 0.717) is 12.8 Å². The zero-order valence-electron chi connectivity index (χ0n) is 12.2. The fourth-order valence-electron chi connectivity index (χ4n) is 2.43. The van der Waals surface area contributed by atoms with Crippen LogP contribution < -0.4 is 11.2 Å². The lowest BCUT2D eigenvalue weighted by Gasteiger charge is -2.33. The van der Waals surface area contributed by atoms with Gasteiger partial charge < -0.3 is 9.67 Å². The van der Waals surface area contributed by atoms with Crippen molar-refractivity contribution in [1.29, 1.82) is 0 Å². The van der Waals surface area contributed by atoms with Crippen LogP contribution >= 0.6 is 0 Å². The second-order valence-electron chi connectivity index (χ2n) is 5.53. The average Bonchev–Trinajstić information content (AvgIpc) is 2.38. The van der Waals surface area contributed by atoms with Crippen LogP contribution in [0.15, 0.2) is 20.7 Å². The highest BCUT2D eigenvalue weighted by Gasteiger charge is 2.33. The lowest BCUT2D eigenvalue weighted by atomic mass is 9.82. The molecule has 0 bridgehead atoms. The Labute approximate surface area is 122 Å². The van der Waals surface area contributed by atoms with Gasteiger partial charge in [-0.15, -0.1) is 0 Å². The SMILES string of the molecule is CN(CC1CC(O)C1)S(=O)(=O)c1cn(C)c(=O)n(C)c1=O. The van der Waals surface area contributed by atoms with Crippen molar-refractivity contribution < 1.29 is 13.5 Å². The zero-order valence-corrected chi connectivity index (χ0v) is 13.0. The van der Waals surface area contributed by atoms with Gasteiger partial charge in [0.05, 0.1) is 6.10 Å². The summed E-state index contributed by atoms with van der Waals surface area (Å²) in [6.45, 7) is 0.241. The standard InChI is InChI=1S/C12H19N3O5S/c1-13-7-10(11(17)15(3)12(13)18)21(19,20)14(2)6-8-4-9(16)5-8/h7-9,16H,4-6H2,1-3H3. The van der Waals surface area contributed by atoms with Crippen LogP contribution in [0, 0.1) is 5.92 Å². The molecule has 1 aromatic rings. The summed E-state index contributed by atoms with van der Waals surface area (Å²) in [5.74, 6) is 0.0937. The van der Waals surface area contributed by atoms with E-state index in [1.54, 1.807) is 0 Å². The number of aromatic nitrogens is 2. The lowest BCUT2D eigenvalue weighted by Crippen LogP contribution is -2.44. The largest absolute Gasteiger partial charge is 0.393 e. The maximum Gasteiger partial charge on any atom is 0.330 e. The summed E-state index contributed by atoms with van der Waals surface area (Å²) in [6.07, 6.45) is 1.80. The maximum absolute atomic E-state index is 12.5. The zero-order chi connectivity index (χ0) is 15.9. The average molecular weight is 317 g/mol.